The van der Waals surface area contributed by atoms with Crippen molar-refractivity contribution in [3.63, 3.8) is 0 Å². The molecule has 1 fully saturated rings. The van der Waals surface area contributed by atoms with Crippen molar-refractivity contribution in [1.29, 1.82) is 0 Å². The van der Waals surface area contributed by atoms with E-state index in [0.717, 1.165) is 41.8 Å². The van der Waals surface area contributed by atoms with E-state index in [1.165, 1.54) is 6.42 Å². The molecule has 1 saturated heterocycles. The first kappa shape index (κ1) is 13.2. The highest BCUT2D eigenvalue weighted by atomic mass is 16.1. The maximum atomic E-state index is 12.0. The number of H-pyrrole nitrogens is 1. The molecule has 1 amide bonds. The molecule has 1 aromatic heterocycles. The van der Waals surface area contributed by atoms with Crippen molar-refractivity contribution >= 4 is 22.5 Å². The number of rotatable bonds is 4. The van der Waals surface area contributed by atoms with Crippen molar-refractivity contribution < 1.29 is 4.79 Å². The number of benzene rings is 1. The van der Waals surface area contributed by atoms with Gasteiger partial charge in [0.25, 0.3) is 0 Å². The normalized spacial score (nSPS) is 18.6. The fourth-order valence-corrected chi connectivity index (χ4v) is 2.88. The number of hydrogen-bond donors (Lipinski definition) is 3. The van der Waals surface area contributed by atoms with E-state index in [9.17, 15) is 4.79 Å². The molecule has 1 aliphatic heterocycles. The van der Waals surface area contributed by atoms with Crippen LogP contribution < -0.4 is 10.6 Å². The van der Waals surface area contributed by atoms with Gasteiger partial charge >= 0.3 is 0 Å². The van der Waals surface area contributed by atoms with Crippen LogP contribution in [-0.2, 0) is 4.79 Å². The Bertz CT molecular complexity index is 611. The van der Waals surface area contributed by atoms with E-state index < -0.39 is 0 Å². The molecule has 2 heterocycles. The first-order valence-corrected chi connectivity index (χ1v) is 7.30. The summed E-state index contributed by atoms with van der Waals surface area (Å²) in [4.78, 5) is 15.3. The van der Waals surface area contributed by atoms with E-state index in [1.54, 1.807) is 0 Å². The molecule has 4 heteroatoms. The molecule has 1 unspecified atom stereocenters. The molecule has 20 heavy (non-hydrogen) atoms. The molecule has 3 N–H and O–H groups in total. The number of fused-ring (bicyclic) bond motifs is 1. The largest absolute Gasteiger partial charge is 0.359 e. The van der Waals surface area contributed by atoms with Gasteiger partial charge in [0.1, 0.15) is 0 Å². The number of aromatic nitrogens is 1. The number of hydrogen-bond acceptors (Lipinski definition) is 2. The highest BCUT2D eigenvalue weighted by Gasteiger charge is 2.15. The Morgan fingerprint density at radius 1 is 1.40 bits per heavy atom. The van der Waals surface area contributed by atoms with Crippen LogP contribution in [0.3, 0.4) is 0 Å². The number of anilines is 1. The minimum Gasteiger partial charge on any atom is -0.359 e. The average Bonchev–Trinajstić information content (AvgIpc) is 3.04. The summed E-state index contributed by atoms with van der Waals surface area (Å²) >= 11 is 0. The van der Waals surface area contributed by atoms with Gasteiger partial charge in [0.05, 0.1) is 0 Å². The summed E-state index contributed by atoms with van der Waals surface area (Å²) in [6.07, 6.45) is 2.78. The fraction of sp³-hybridized carbons (Fsp3) is 0.438. The Kier molecular flexibility index (Phi) is 3.74. The summed E-state index contributed by atoms with van der Waals surface area (Å²) in [6.45, 7) is 4.19. The quantitative estimate of drug-likeness (QED) is 0.801. The number of nitrogens with one attached hydrogen (secondary N) is 3. The Morgan fingerprint density at radius 3 is 3.10 bits per heavy atom. The Balaban J connectivity index is 1.58. The lowest BCUT2D eigenvalue weighted by Crippen LogP contribution is -2.14. The molecule has 4 nitrogen and oxygen atoms in total. The van der Waals surface area contributed by atoms with Crippen LogP contribution in [0.5, 0.6) is 0 Å². The van der Waals surface area contributed by atoms with Gasteiger partial charge in [-0.15, -0.1) is 0 Å². The topological polar surface area (TPSA) is 56.9 Å². The maximum Gasteiger partial charge on any atom is 0.224 e. The second kappa shape index (κ2) is 5.67. The van der Waals surface area contributed by atoms with Crippen molar-refractivity contribution in [3.8, 4) is 0 Å². The summed E-state index contributed by atoms with van der Waals surface area (Å²) in [7, 11) is 0. The molecule has 0 saturated carbocycles. The molecular formula is C16H21N3O. The summed E-state index contributed by atoms with van der Waals surface area (Å²) in [6, 6.07) is 8.08. The van der Waals surface area contributed by atoms with Crippen molar-refractivity contribution in [3.05, 3.63) is 30.0 Å². The zero-order chi connectivity index (χ0) is 13.9. The lowest BCUT2D eigenvalue weighted by atomic mass is 10.0. The van der Waals surface area contributed by atoms with Crippen LogP contribution in [0.15, 0.2) is 24.3 Å². The molecule has 0 aliphatic carbocycles. The number of carbonyl (C=O) groups is 1. The van der Waals surface area contributed by atoms with Crippen LogP contribution in [0.2, 0.25) is 0 Å². The van der Waals surface area contributed by atoms with E-state index in [0.29, 0.717) is 12.3 Å². The standard InChI is InChI=1S/C16H21N3O/c1-11-8-13-9-14(3-4-15(13)18-11)19-16(20)5-2-12-6-7-17-10-12/h3-4,8-9,12,17-18H,2,5-7,10H2,1H3,(H,19,20). The minimum atomic E-state index is 0.114. The highest BCUT2D eigenvalue weighted by molar-refractivity contribution is 5.93. The number of aromatic amines is 1. The van der Waals surface area contributed by atoms with Crippen LogP contribution in [0.25, 0.3) is 10.9 Å². The first-order valence-electron chi connectivity index (χ1n) is 7.30. The van der Waals surface area contributed by atoms with Gasteiger partial charge in [-0.2, -0.15) is 0 Å². The van der Waals surface area contributed by atoms with Gasteiger partial charge in [-0.1, -0.05) is 0 Å². The van der Waals surface area contributed by atoms with E-state index in [-0.39, 0.29) is 5.91 Å². The summed E-state index contributed by atoms with van der Waals surface area (Å²) in [5.74, 6) is 0.777. The molecule has 0 bridgehead atoms. The summed E-state index contributed by atoms with van der Waals surface area (Å²) in [5, 5.41) is 7.47. The third kappa shape index (κ3) is 3.02. The van der Waals surface area contributed by atoms with Crippen LogP contribution in [0.1, 0.15) is 25.0 Å². The molecule has 1 aromatic carbocycles. The van der Waals surface area contributed by atoms with Gasteiger partial charge in [-0.25, -0.2) is 0 Å². The molecule has 106 valence electrons. The zero-order valence-electron chi connectivity index (χ0n) is 11.8. The van der Waals surface area contributed by atoms with Gasteiger partial charge in [-0.3, -0.25) is 4.79 Å². The number of carbonyl (C=O) groups excluding carboxylic acids is 1. The molecule has 3 rings (SSSR count). The lowest BCUT2D eigenvalue weighted by molar-refractivity contribution is -0.116. The highest BCUT2D eigenvalue weighted by Crippen LogP contribution is 2.20. The predicted octanol–water partition coefficient (Wildman–Crippen LogP) is 2.80. The average molecular weight is 271 g/mol. The van der Waals surface area contributed by atoms with Gasteiger partial charge in [-0.05, 0) is 63.0 Å². The fourth-order valence-electron chi connectivity index (χ4n) is 2.88. The predicted molar refractivity (Wildman–Crippen MR) is 81.9 cm³/mol. The molecular weight excluding hydrogens is 250 g/mol. The van der Waals surface area contributed by atoms with Crippen LogP contribution >= 0.6 is 0 Å². The maximum absolute atomic E-state index is 12.0. The summed E-state index contributed by atoms with van der Waals surface area (Å²) in [5.41, 5.74) is 3.13. The molecule has 2 aromatic rings. The van der Waals surface area contributed by atoms with E-state index in [2.05, 4.69) is 21.7 Å². The number of aryl methyl sites for hydroxylation is 1. The monoisotopic (exact) mass is 271 g/mol. The van der Waals surface area contributed by atoms with E-state index in [1.807, 2.05) is 25.1 Å². The van der Waals surface area contributed by atoms with Crippen LogP contribution in [0.4, 0.5) is 5.69 Å². The van der Waals surface area contributed by atoms with Gasteiger partial charge in [0.2, 0.25) is 5.91 Å². The van der Waals surface area contributed by atoms with Crippen molar-refractivity contribution in [2.24, 2.45) is 5.92 Å². The van der Waals surface area contributed by atoms with Crippen molar-refractivity contribution in [2.45, 2.75) is 26.2 Å². The zero-order valence-corrected chi connectivity index (χ0v) is 11.8. The third-order valence-electron chi connectivity index (χ3n) is 3.98. The molecule has 0 radical (unpaired) electrons. The molecule has 1 atom stereocenters. The van der Waals surface area contributed by atoms with Gasteiger partial charge in [0, 0.05) is 28.7 Å². The van der Waals surface area contributed by atoms with Crippen molar-refractivity contribution in [2.75, 3.05) is 18.4 Å². The Labute approximate surface area is 118 Å². The van der Waals surface area contributed by atoms with Crippen LogP contribution in [-0.4, -0.2) is 24.0 Å². The second-order valence-electron chi connectivity index (χ2n) is 5.70. The van der Waals surface area contributed by atoms with E-state index in [4.69, 9.17) is 0 Å². The minimum absolute atomic E-state index is 0.114. The van der Waals surface area contributed by atoms with Gasteiger partial charge in [0.15, 0.2) is 0 Å². The lowest BCUT2D eigenvalue weighted by Gasteiger charge is -2.08. The third-order valence-corrected chi connectivity index (χ3v) is 3.98. The second-order valence-corrected chi connectivity index (χ2v) is 5.70. The Hall–Kier alpha value is -1.81. The number of amides is 1. The van der Waals surface area contributed by atoms with Crippen LogP contribution in [0, 0.1) is 12.8 Å². The molecule has 0 spiro atoms. The SMILES string of the molecule is Cc1cc2cc(NC(=O)CCC3CCNC3)ccc2[nH]1. The van der Waals surface area contributed by atoms with E-state index >= 15 is 0 Å². The summed E-state index contributed by atoms with van der Waals surface area (Å²) < 4.78 is 0. The smallest absolute Gasteiger partial charge is 0.224 e. The molecule has 1 aliphatic rings. The first-order chi connectivity index (χ1) is 9.70. The van der Waals surface area contributed by atoms with Gasteiger partial charge < -0.3 is 15.6 Å². The Morgan fingerprint density at radius 2 is 2.30 bits per heavy atom. The van der Waals surface area contributed by atoms with Crippen molar-refractivity contribution in [1.82, 2.24) is 10.3 Å².